The van der Waals surface area contributed by atoms with Crippen LogP contribution in [0.15, 0.2) is 58.4 Å². The summed E-state index contributed by atoms with van der Waals surface area (Å²) in [6.45, 7) is 1.76. The first-order chi connectivity index (χ1) is 15.1. The van der Waals surface area contributed by atoms with Crippen molar-refractivity contribution in [2.45, 2.75) is 18.6 Å². The number of aromatic amines is 1. The van der Waals surface area contributed by atoms with Crippen LogP contribution in [0.25, 0.3) is 5.69 Å². The molecule has 164 valence electrons. The molecule has 3 aromatic rings. The van der Waals surface area contributed by atoms with Crippen LogP contribution in [0.1, 0.15) is 21.5 Å². The Kier molecular flexibility index (Phi) is 4.72. The molecule has 0 bridgehead atoms. The third-order valence-electron chi connectivity index (χ3n) is 5.02. The highest BCUT2D eigenvalue weighted by molar-refractivity contribution is 6.09. The summed E-state index contributed by atoms with van der Waals surface area (Å²) in [5.74, 6) is -3.67. The zero-order valence-corrected chi connectivity index (χ0v) is 16.3. The van der Waals surface area contributed by atoms with Crippen molar-refractivity contribution >= 4 is 17.6 Å². The van der Waals surface area contributed by atoms with Gasteiger partial charge in [-0.15, -0.1) is 0 Å². The average molecular weight is 445 g/mol. The summed E-state index contributed by atoms with van der Waals surface area (Å²) in [6, 6.07) is 8.35. The molecule has 1 aliphatic heterocycles. The third-order valence-corrected chi connectivity index (χ3v) is 5.02. The number of anilines is 1. The Morgan fingerprint density at radius 3 is 2.28 bits per heavy atom. The number of pyridine rings is 1. The molecular formula is C20H14F3N5O4. The highest BCUT2D eigenvalue weighted by Crippen LogP contribution is 2.45. The maximum absolute atomic E-state index is 14.4. The van der Waals surface area contributed by atoms with Gasteiger partial charge in [-0.25, -0.2) is 9.36 Å². The topological polar surface area (TPSA) is 126 Å². The van der Waals surface area contributed by atoms with Gasteiger partial charge in [0.05, 0.1) is 5.69 Å². The number of hydrogen-bond donors (Lipinski definition) is 3. The number of nitrogens with one attached hydrogen (secondary N) is 3. The van der Waals surface area contributed by atoms with Gasteiger partial charge in [-0.2, -0.15) is 13.2 Å². The number of halogens is 3. The minimum Gasteiger partial charge on any atom is -0.326 e. The number of aryl methyl sites for hydroxylation is 1. The number of benzene rings is 1. The van der Waals surface area contributed by atoms with Crippen molar-refractivity contribution in [3.8, 4) is 5.69 Å². The number of alkyl halides is 3. The lowest BCUT2D eigenvalue weighted by molar-refractivity contribution is -0.196. The Hall–Kier alpha value is -4.22. The molecule has 12 heteroatoms. The van der Waals surface area contributed by atoms with Crippen molar-refractivity contribution < 1.29 is 22.8 Å². The van der Waals surface area contributed by atoms with E-state index in [1.807, 2.05) is 10.3 Å². The van der Waals surface area contributed by atoms with E-state index in [9.17, 15) is 32.3 Å². The first kappa shape index (κ1) is 21.0. The van der Waals surface area contributed by atoms with Gasteiger partial charge >= 0.3 is 11.9 Å². The third kappa shape index (κ3) is 3.07. The van der Waals surface area contributed by atoms with Gasteiger partial charge in [0.15, 0.2) is 0 Å². The Morgan fingerprint density at radius 1 is 1.06 bits per heavy atom. The van der Waals surface area contributed by atoms with E-state index in [0.717, 1.165) is 22.3 Å². The molecule has 0 saturated heterocycles. The second kappa shape index (κ2) is 7.18. The normalized spacial score (nSPS) is 17.6. The summed E-state index contributed by atoms with van der Waals surface area (Å²) in [5.41, 5.74) is -6.69. The maximum Gasteiger partial charge on any atom is 0.425 e. The quantitative estimate of drug-likeness (QED) is 0.562. The van der Waals surface area contributed by atoms with Gasteiger partial charge < -0.3 is 10.6 Å². The van der Waals surface area contributed by atoms with Crippen LogP contribution in [0.3, 0.4) is 0 Å². The molecule has 1 atom stereocenters. The molecule has 1 unspecified atom stereocenters. The van der Waals surface area contributed by atoms with Crippen LogP contribution in [0.5, 0.6) is 0 Å². The molecule has 3 heterocycles. The number of carbonyl (C=O) groups is 2. The molecule has 32 heavy (non-hydrogen) atoms. The number of carbonyl (C=O) groups excluding carboxylic acids is 2. The summed E-state index contributed by atoms with van der Waals surface area (Å²) in [7, 11) is 0. The van der Waals surface area contributed by atoms with Crippen molar-refractivity contribution in [1.29, 1.82) is 0 Å². The second-order valence-electron chi connectivity index (χ2n) is 7.05. The average Bonchev–Trinajstić information content (AvgIpc) is 3.03. The molecule has 0 spiro atoms. The highest BCUT2D eigenvalue weighted by Gasteiger charge is 2.68. The summed E-state index contributed by atoms with van der Waals surface area (Å²) >= 11 is 0. The summed E-state index contributed by atoms with van der Waals surface area (Å²) < 4.78 is 43.8. The largest absolute Gasteiger partial charge is 0.425 e. The zero-order chi connectivity index (χ0) is 23.3. The maximum atomic E-state index is 14.4. The molecule has 1 aliphatic rings. The van der Waals surface area contributed by atoms with Crippen LogP contribution in [0, 0.1) is 6.92 Å². The number of aromatic nitrogens is 3. The predicted octanol–water partition coefficient (Wildman–Crippen LogP) is 1.37. The zero-order valence-electron chi connectivity index (χ0n) is 16.3. The van der Waals surface area contributed by atoms with Gasteiger partial charge in [0.2, 0.25) is 0 Å². The number of rotatable bonds is 3. The van der Waals surface area contributed by atoms with Crippen molar-refractivity contribution in [3.63, 3.8) is 0 Å². The van der Waals surface area contributed by atoms with E-state index in [1.165, 1.54) is 24.5 Å². The first-order valence-electron chi connectivity index (χ1n) is 9.14. The minimum absolute atomic E-state index is 0.104. The van der Waals surface area contributed by atoms with Crippen molar-refractivity contribution in [2.75, 3.05) is 5.32 Å². The standard InChI is InChI=1S/C20H14F3N5O4/c1-10-2-4-12(5-3-10)28-14-13(16(30)26-18(28)32)19(17(31)25-14,20(21,22)23)27-15(29)11-6-8-24-9-7-11/h2-9H,1H3,(H,25,31)(H,27,29)(H,26,30,32). The molecule has 0 saturated carbocycles. The van der Waals surface area contributed by atoms with E-state index in [2.05, 4.69) is 4.98 Å². The number of fused-ring (bicyclic) bond motifs is 1. The fraction of sp³-hybridized carbons (Fsp3) is 0.150. The van der Waals surface area contributed by atoms with E-state index in [4.69, 9.17) is 0 Å². The van der Waals surface area contributed by atoms with Crippen LogP contribution in [-0.2, 0) is 10.3 Å². The molecule has 2 amide bonds. The Bertz CT molecular complexity index is 1350. The summed E-state index contributed by atoms with van der Waals surface area (Å²) in [5, 5.41) is 3.64. The summed E-state index contributed by atoms with van der Waals surface area (Å²) in [4.78, 5) is 55.9. The molecule has 1 aromatic carbocycles. The van der Waals surface area contributed by atoms with Crippen LogP contribution < -0.4 is 21.9 Å². The highest BCUT2D eigenvalue weighted by atomic mass is 19.4. The lowest BCUT2D eigenvalue weighted by Crippen LogP contribution is -2.62. The smallest absolute Gasteiger partial charge is 0.326 e. The van der Waals surface area contributed by atoms with Gasteiger partial charge in [0.25, 0.3) is 22.9 Å². The molecule has 0 fully saturated rings. The molecule has 0 aliphatic carbocycles. The van der Waals surface area contributed by atoms with Crippen LogP contribution in [0.2, 0.25) is 0 Å². The van der Waals surface area contributed by atoms with E-state index in [1.54, 1.807) is 24.4 Å². The molecule has 0 radical (unpaired) electrons. The number of hydrogen-bond acceptors (Lipinski definition) is 5. The van der Waals surface area contributed by atoms with Crippen LogP contribution in [-0.4, -0.2) is 32.5 Å². The van der Waals surface area contributed by atoms with Crippen molar-refractivity contribution in [2.24, 2.45) is 0 Å². The van der Waals surface area contributed by atoms with Gasteiger partial charge in [0, 0.05) is 18.0 Å². The molecule has 3 N–H and O–H groups in total. The van der Waals surface area contributed by atoms with Gasteiger partial charge in [-0.3, -0.25) is 24.4 Å². The van der Waals surface area contributed by atoms with Gasteiger partial charge in [0.1, 0.15) is 11.4 Å². The van der Waals surface area contributed by atoms with Crippen molar-refractivity contribution in [1.82, 2.24) is 19.9 Å². The van der Waals surface area contributed by atoms with E-state index >= 15 is 0 Å². The van der Waals surface area contributed by atoms with E-state index < -0.39 is 46.2 Å². The lowest BCUT2D eigenvalue weighted by atomic mass is 9.91. The predicted molar refractivity (Wildman–Crippen MR) is 105 cm³/mol. The monoisotopic (exact) mass is 445 g/mol. The van der Waals surface area contributed by atoms with Gasteiger partial charge in [-0.05, 0) is 31.2 Å². The van der Waals surface area contributed by atoms with E-state index in [-0.39, 0.29) is 11.3 Å². The molecular weight excluding hydrogens is 431 g/mol. The Labute approximate surface area is 176 Å². The number of amides is 2. The number of H-pyrrole nitrogens is 1. The Balaban J connectivity index is 1.98. The van der Waals surface area contributed by atoms with E-state index in [0.29, 0.717) is 0 Å². The SMILES string of the molecule is Cc1ccc(-n2c3c(c(=O)[nH]c2=O)C(NC(=O)c2ccncc2)(C(F)(F)F)C(=O)N3)cc1. The lowest BCUT2D eigenvalue weighted by Gasteiger charge is -2.30. The van der Waals surface area contributed by atoms with Crippen molar-refractivity contribution in [3.05, 3.63) is 86.3 Å². The fourth-order valence-electron chi connectivity index (χ4n) is 3.46. The minimum atomic E-state index is -5.42. The second-order valence-corrected chi connectivity index (χ2v) is 7.05. The molecule has 9 nitrogen and oxygen atoms in total. The Morgan fingerprint density at radius 2 is 1.69 bits per heavy atom. The first-order valence-corrected chi connectivity index (χ1v) is 9.14. The fourth-order valence-corrected chi connectivity index (χ4v) is 3.46. The van der Waals surface area contributed by atoms with Gasteiger partial charge in [-0.1, -0.05) is 17.7 Å². The molecule has 2 aromatic heterocycles. The molecule has 4 rings (SSSR count). The summed E-state index contributed by atoms with van der Waals surface area (Å²) in [6.07, 6.45) is -3.06. The van der Waals surface area contributed by atoms with Crippen LogP contribution >= 0.6 is 0 Å². The number of nitrogens with zero attached hydrogens (tertiary/aromatic N) is 2. The van der Waals surface area contributed by atoms with Crippen LogP contribution in [0.4, 0.5) is 19.0 Å².